The zero-order valence-corrected chi connectivity index (χ0v) is 11.0. The third kappa shape index (κ3) is 2.29. The van der Waals surface area contributed by atoms with Gasteiger partial charge in [0.1, 0.15) is 0 Å². The molecule has 1 unspecified atom stereocenters. The topological polar surface area (TPSA) is 15.3 Å². The van der Waals surface area contributed by atoms with Gasteiger partial charge in [0.25, 0.3) is 0 Å². The van der Waals surface area contributed by atoms with Gasteiger partial charge in [-0.05, 0) is 56.5 Å². The van der Waals surface area contributed by atoms with Crippen LogP contribution in [-0.2, 0) is 0 Å². The van der Waals surface area contributed by atoms with Gasteiger partial charge in [-0.25, -0.2) is 0 Å². The van der Waals surface area contributed by atoms with E-state index in [1.165, 1.54) is 38.0 Å². The molecule has 0 saturated carbocycles. The van der Waals surface area contributed by atoms with Crippen LogP contribution in [0.3, 0.4) is 0 Å². The molecule has 3 aliphatic heterocycles. The van der Waals surface area contributed by atoms with Crippen LogP contribution in [0.25, 0.3) is 0 Å². The smallest absolute Gasteiger partial charge is 0.0640 e. The van der Waals surface area contributed by atoms with E-state index >= 15 is 0 Å². The fourth-order valence-electron chi connectivity index (χ4n) is 3.07. The summed E-state index contributed by atoms with van der Waals surface area (Å²) in [4.78, 5) is 2.56. The molecule has 0 aromatic heterocycles. The Hall–Kier alpha value is -0.730. The molecule has 3 heteroatoms. The molecule has 4 rings (SSSR count). The number of halogens is 1. The second-order valence-electron chi connectivity index (χ2n) is 5.37. The Balaban J connectivity index is 1.74. The molecule has 2 bridgehead atoms. The summed E-state index contributed by atoms with van der Waals surface area (Å²) in [7, 11) is 0. The third-order valence-electron chi connectivity index (χ3n) is 4.12. The number of nitrogens with zero attached hydrogens (tertiary/aromatic N) is 1. The first kappa shape index (κ1) is 11.4. The number of benzene rings is 1. The number of fused-ring (bicyclic) bond motifs is 3. The zero-order chi connectivity index (χ0) is 11.8. The van der Waals surface area contributed by atoms with Gasteiger partial charge in [-0.1, -0.05) is 17.7 Å². The molecule has 3 heterocycles. The predicted octanol–water partition coefficient (Wildman–Crippen LogP) is 3.15. The Morgan fingerprint density at radius 2 is 2.06 bits per heavy atom. The van der Waals surface area contributed by atoms with Crippen LogP contribution in [0, 0.1) is 12.8 Å². The summed E-state index contributed by atoms with van der Waals surface area (Å²) in [5.41, 5.74) is 2.31. The molecule has 0 aliphatic carbocycles. The summed E-state index contributed by atoms with van der Waals surface area (Å²) >= 11 is 6.27. The van der Waals surface area contributed by atoms with Crippen LogP contribution in [0.5, 0.6) is 0 Å². The Morgan fingerprint density at radius 3 is 2.65 bits per heavy atom. The minimum Gasteiger partial charge on any atom is -0.380 e. The molecular formula is C14H19ClN2. The lowest BCUT2D eigenvalue weighted by Crippen LogP contribution is -2.53. The van der Waals surface area contributed by atoms with Crippen LogP contribution in [-0.4, -0.2) is 30.6 Å². The highest BCUT2D eigenvalue weighted by Gasteiger charge is 2.34. The van der Waals surface area contributed by atoms with Crippen molar-refractivity contribution in [1.29, 1.82) is 0 Å². The molecular weight excluding hydrogens is 232 g/mol. The van der Waals surface area contributed by atoms with Crippen molar-refractivity contribution in [3.63, 3.8) is 0 Å². The average Bonchev–Trinajstić information content (AvgIpc) is 2.34. The van der Waals surface area contributed by atoms with E-state index in [0.717, 1.165) is 16.6 Å². The monoisotopic (exact) mass is 250 g/mol. The lowest BCUT2D eigenvalue weighted by Gasteiger charge is -2.45. The van der Waals surface area contributed by atoms with E-state index in [-0.39, 0.29) is 0 Å². The first-order valence-electron chi connectivity index (χ1n) is 6.47. The van der Waals surface area contributed by atoms with Crippen molar-refractivity contribution < 1.29 is 0 Å². The van der Waals surface area contributed by atoms with Gasteiger partial charge in [0.15, 0.2) is 0 Å². The van der Waals surface area contributed by atoms with Crippen molar-refractivity contribution in [3.8, 4) is 0 Å². The van der Waals surface area contributed by atoms with E-state index in [1.54, 1.807) is 0 Å². The Kier molecular flexibility index (Phi) is 3.01. The maximum absolute atomic E-state index is 6.27. The van der Waals surface area contributed by atoms with Gasteiger partial charge >= 0.3 is 0 Å². The van der Waals surface area contributed by atoms with E-state index in [1.807, 2.05) is 6.07 Å². The number of aryl methyl sites for hydroxylation is 1. The fraction of sp³-hybridized carbons (Fsp3) is 0.571. The summed E-state index contributed by atoms with van der Waals surface area (Å²) in [6, 6.07) is 6.84. The van der Waals surface area contributed by atoms with Crippen molar-refractivity contribution in [3.05, 3.63) is 28.8 Å². The second kappa shape index (κ2) is 4.51. The van der Waals surface area contributed by atoms with E-state index in [0.29, 0.717) is 6.04 Å². The highest BCUT2D eigenvalue weighted by molar-refractivity contribution is 6.33. The molecule has 1 atom stereocenters. The minimum absolute atomic E-state index is 0.581. The molecule has 2 nitrogen and oxygen atoms in total. The highest BCUT2D eigenvalue weighted by atomic mass is 35.5. The van der Waals surface area contributed by atoms with Crippen molar-refractivity contribution in [1.82, 2.24) is 4.90 Å². The maximum Gasteiger partial charge on any atom is 0.0640 e. The van der Waals surface area contributed by atoms with Crippen LogP contribution in [0.4, 0.5) is 5.69 Å². The number of piperidine rings is 3. The second-order valence-corrected chi connectivity index (χ2v) is 5.78. The fourth-order valence-corrected chi connectivity index (χ4v) is 3.36. The van der Waals surface area contributed by atoms with Gasteiger partial charge in [0.05, 0.1) is 10.7 Å². The maximum atomic E-state index is 6.27. The van der Waals surface area contributed by atoms with Gasteiger partial charge in [0, 0.05) is 12.6 Å². The molecule has 1 aromatic carbocycles. The van der Waals surface area contributed by atoms with Crippen LogP contribution in [0.15, 0.2) is 18.2 Å². The Morgan fingerprint density at radius 1 is 1.29 bits per heavy atom. The van der Waals surface area contributed by atoms with Crippen LogP contribution >= 0.6 is 11.6 Å². The van der Waals surface area contributed by atoms with Crippen molar-refractivity contribution in [2.45, 2.75) is 25.8 Å². The molecule has 0 spiro atoms. The molecule has 3 fully saturated rings. The Labute approximate surface area is 108 Å². The number of rotatable bonds is 2. The van der Waals surface area contributed by atoms with Gasteiger partial charge in [-0.15, -0.1) is 0 Å². The van der Waals surface area contributed by atoms with Crippen LogP contribution < -0.4 is 5.32 Å². The first-order chi connectivity index (χ1) is 8.22. The minimum atomic E-state index is 0.581. The van der Waals surface area contributed by atoms with E-state index in [2.05, 4.69) is 29.3 Å². The van der Waals surface area contributed by atoms with Gasteiger partial charge in [0.2, 0.25) is 0 Å². The van der Waals surface area contributed by atoms with Crippen molar-refractivity contribution in [2.75, 3.05) is 25.0 Å². The third-order valence-corrected chi connectivity index (χ3v) is 4.43. The lowest BCUT2D eigenvalue weighted by atomic mass is 9.84. The van der Waals surface area contributed by atoms with Gasteiger partial charge in [-0.3, -0.25) is 0 Å². The summed E-state index contributed by atoms with van der Waals surface area (Å²) < 4.78 is 0. The molecule has 3 saturated heterocycles. The molecule has 1 N–H and O–H groups in total. The van der Waals surface area contributed by atoms with E-state index in [9.17, 15) is 0 Å². The molecule has 3 aliphatic rings. The van der Waals surface area contributed by atoms with Gasteiger partial charge < -0.3 is 10.2 Å². The molecule has 0 amide bonds. The highest BCUT2D eigenvalue weighted by Crippen LogP contribution is 2.31. The van der Waals surface area contributed by atoms with Crippen LogP contribution in [0.2, 0.25) is 5.02 Å². The Bertz CT molecular complexity index is 411. The first-order valence-corrected chi connectivity index (χ1v) is 6.85. The van der Waals surface area contributed by atoms with E-state index in [4.69, 9.17) is 11.6 Å². The summed E-state index contributed by atoms with van der Waals surface area (Å²) in [5, 5.41) is 4.48. The molecule has 1 aromatic rings. The summed E-state index contributed by atoms with van der Waals surface area (Å²) in [5.74, 6) is 0.831. The molecule has 17 heavy (non-hydrogen) atoms. The number of anilines is 1. The summed E-state index contributed by atoms with van der Waals surface area (Å²) in [6.45, 7) is 5.81. The van der Waals surface area contributed by atoms with Crippen molar-refractivity contribution >= 4 is 17.3 Å². The van der Waals surface area contributed by atoms with E-state index < -0.39 is 0 Å². The number of hydrogen-bond donors (Lipinski definition) is 1. The SMILES string of the molecule is Cc1ccc(NC2CN3CCC2CC3)c(Cl)c1. The lowest BCUT2D eigenvalue weighted by molar-refractivity contribution is 0.0975. The molecule has 92 valence electrons. The zero-order valence-electron chi connectivity index (χ0n) is 10.2. The average molecular weight is 251 g/mol. The number of hydrogen-bond acceptors (Lipinski definition) is 2. The summed E-state index contributed by atoms with van der Waals surface area (Å²) in [6.07, 6.45) is 2.67. The quantitative estimate of drug-likeness (QED) is 0.868. The van der Waals surface area contributed by atoms with Crippen LogP contribution in [0.1, 0.15) is 18.4 Å². The number of nitrogens with one attached hydrogen (secondary N) is 1. The molecule has 0 radical (unpaired) electrons. The largest absolute Gasteiger partial charge is 0.380 e. The predicted molar refractivity (Wildman–Crippen MR) is 72.8 cm³/mol. The van der Waals surface area contributed by atoms with Gasteiger partial charge in [-0.2, -0.15) is 0 Å². The normalized spacial score (nSPS) is 31.5. The van der Waals surface area contributed by atoms with Crippen molar-refractivity contribution in [2.24, 2.45) is 5.92 Å². The standard InChI is InChI=1S/C14H19ClN2/c1-10-2-3-13(12(15)8-10)16-14-9-17-6-4-11(14)5-7-17/h2-3,8,11,14,16H,4-7,9H2,1H3.